The molecule has 0 bridgehead atoms. The van der Waals surface area contributed by atoms with Gasteiger partial charge in [-0.25, -0.2) is 4.98 Å². The normalized spacial score (nSPS) is 10.5. The van der Waals surface area contributed by atoms with Gasteiger partial charge in [0.25, 0.3) is 0 Å². The highest BCUT2D eigenvalue weighted by atomic mass is 35.5. The Morgan fingerprint density at radius 1 is 1.38 bits per heavy atom. The monoisotopic (exact) mass is 357 g/mol. The summed E-state index contributed by atoms with van der Waals surface area (Å²) in [6, 6.07) is 10.9. The Bertz CT molecular complexity index is 962. The van der Waals surface area contributed by atoms with Crippen molar-refractivity contribution in [1.29, 1.82) is 5.26 Å². The lowest BCUT2D eigenvalue weighted by Gasteiger charge is -2.07. The number of oxazole rings is 1. The first-order valence-corrected chi connectivity index (χ1v) is 8.41. The summed E-state index contributed by atoms with van der Waals surface area (Å²) in [6.07, 6.45) is 0. The molecule has 1 amide bonds. The summed E-state index contributed by atoms with van der Waals surface area (Å²) in [7, 11) is 0. The lowest BCUT2D eigenvalue weighted by Crippen LogP contribution is -2.14. The minimum Gasteiger partial charge on any atom is -0.436 e. The van der Waals surface area contributed by atoms with Crippen LogP contribution in [0.25, 0.3) is 22.6 Å². The van der Waals surface area contributed by atoms with Gasteiger partial charge in [0, 0.05) is 5.56 Å². The molecule has 0 spiro atoms. The number of nitriles is 1. The van der Waals surface area contributed by atoms with E-state index in [1.54, 1.807) is 18.2 Å². The number of hydrogen-bond donors (Lipinski definition) is 1. The first kappa shape index (κ1) is 16.4. The number of carbonyl (C=O) groups excluding carboxylic acids is 1. The van der Waals surface area contributed by atoms with Crippen LogP contribution in [0.4, 0.5) is 5.69 Å². The molecule has 0 saturated carbocycles. The minimum absolute atomic E-state index is 0.0409. The Morgan fingerprint density at radius 3 is 3.00 bits per heavy atom. The number of halogens is 1. The average molecular weight is 358 g/mol. The van der Waals surface area contributed by atoms with Gasteiger partial charge in [-0.2, -0.15) is 5.26 Å². The van der Waals surface area contributed by atoms with Crippen LogP contribution in [0.15, 0.2) is 40.8 Å². The van der Waals surface area contributed by atoms with Gasteiger partial charge in [0.2, 0.25) is 11.8 Å². The van der Waals surface area contributed by atoms with E-state index in [9.17, 15) is 4.79 Å². The number of aromatic nitrogens is 1. The standard InChI is InChI=1S/C17H12ClN3O2S/c1-10-2-5-15-14(6-10)21-17(23-15)11-3-4-12(18)13(7-11)20-16(22)8-24-9-19/h2-7H,8H2,1H3,(H,20,22). The number of rotatable bonds is 4. The van der Waals surface area contributed by atoms with Crippen LogP contribution in [-0.2, 0) is 4.79 Å². The molecular formula is C17H12ClN3O2S. The lowest BCUT2D eigenvalue weighted by molar-refractivity contribution is -0.113. The number of fused-ring (bicyclic) bond motifs is 1. The van der Waals surface area contributed by atoms with Crippen molar-refractivity contribution in [3.8, 4) is 16.9 Å². The number of benzene rings is 2. The van der Waals surface area contributed by atoms with Crippen LogP contribution >= 0.6 is 23.4 Å². The van der Waals surface area contributed by atoms with Gasteiger partial charge in [-0.3, -0.25) is 4.79 Å². The molecule has 5 nitrogen and oxygen atoms in total. The zero-order valence-corrected chi connectivity index (χ0v) is 14.2. The summed E-state index contributed by atoms with van der Waals surface area (Å²) in [5, 5.41) is 13.4. The van der Waals surface area contributed by atoms with Gasteiger partial charge >= 0.3 is 0 Å². The second-order valence-electron chi connectivity index (χ2n) is 5.11. The lowest BCUT2D eigenvalue weighted by atomic mass is 10.2. The van der Waals surface area contributed by atoms with E-state index in [0.717, 1.165) is 22.8 Å². The van der Waals surface area contributed by atoms with E-state index in [2.05, 4.69) is 10.3 Å². The number of hydrogen-bond acceptors (Lipinski definition) is 5. The molecule has 3 aromatic rings. The van der Waals surface area contributed by atoms with Crippen molar-refractivity contribution < 1.29 is 9.21 Å². The Balaban J connectivity index is 1.92. The van der Waals surface area contributed by atoms with Crippen molar-refractivity contribution in [3.63, 3.8) is 0 Å². The van der Waals surface area contributed by atoms with E-state index in [1.165, 1.54) is 0 Å². The third-order valence-corrected chi connectivity index (χ3v) is 4.16. The smallest absolute Gasteiger partial charge is 0.235 e. The molecule has 3 rings (SSSR count). The van der Waals surface area contributed by atoms with Crippen molar-refractivity contribution in [2.75, 3.05) is 11.1 Å². The molecule has 2 aromatic carbocycles. The Kier molecular flexibility index (Phi) is 4.74. The first-order valence-electron chi connectivity index (χ1n) is 7.04. The second kappa shape index (κ2) is 6.95. The molecule has 0 saturated heterocycles. The molecule has 0 unspecified atom stereocenters. The molecule has 0 atom stereocenters. The summed E-state index contributed by atoms with van der Waals surface area (Å²) in [6.45, 7) is 1.99. The fraction of sp³-hybridized carbons (Fsp3) is 0.118. The zero-order valence-electron chi connectivity index (χ0n) is 12.7. The van der Waals surface area contributed by atoms with Crippen LogP contribution < -0.4 is 5.32 Å². The molecule has 0 aliphatic rings. The van der Waals surface area contributed by atoms with E-state index >= 15 is 0 Å². The van der Waals surface area contributed by atoms with Crippen LogP contribution in [0.1, 0.15) is 5.56 Å². The van der Waals surface area contributed by atoms with Crippen LogP contribution in [0.3, 0.4) is 0 Å². The third kappa shape index (κ3) is 3.53. The maximum absolute atomic E-state index is 11.8. The molecule has 0 aliphatic carbocycles. The highest BCUT2D eigenvalue weighted by Gasteiger charge is 2.12. The Hall–Kier alpha value is -2.49. The third-order valence-electron chi connectivity index (χ3n) is 3.30. The maximum atomic E-state index is 11.8. The molecule has 1 heterocycles. The van der Waals surface area contributed by atoms with Crippen LogP contribution in [-0.4, -0.2) is 16.6 Å². The predicted molar refractivity (Wildman–Crippen MR) is 95.9 cm³/mol. The van der Waals surface area contributed by atoms with Crippen LogP contribution in [0.5, 0.6) is 0 Å². The van der Waals surface area contributed by atoms with Gasteiger partial charge in [-0.05, 0) is 54.6 Å². The van der Waals surface area contributed by atoms with Crippen LogP contribution in [0.2, 0.25) is 5.02 Å². The average Bonchev–Trinajstić information content (AvgIpc) is 2.98. The number of aryl methyl sites for hydroxylation is 1. The number of carbonyl (C=O) groups is 1. The molecule has 0 radical (unpaired) electrons. The van der Waals surface area contributed by atoms with Gasteiger partial charge in [-0.15, -0.1) is 0 Å². The zero-order chi connectivity index (χ0) is 17.1. The maximum Gasteiger partial charge on any atom is 0.235 e. The van der Waals surface area contributed by atoms with Crippen molar-refractivity contribution in [2.24, 2.45) is 0 Å². The van der Waals surface area contributed by atoms with Crippen molar-refractivity contribution in [3.05, 3.63) is 47.0 Å². The molecule has 0 aliphatic heterocycles. The molecule has 1 aromatic heterocycles. The number of nitrogens with one attached hydrogen (secondary N) is 1. The summed E-state index contributed by atoms with van der Waals surface area (Å²) in [5.74, 6) is 0.196. The molecule has 0 fully saturated rings. The van der Waals surface area contributed by atoms with E-state index in [-0.39, 0.29) is 11.7 Å². The number of thiocyanates is 1. The van der Waals surface area contributed by atoms with E-state index in [0.29, 0.717) is 27.7 Å². The first-order chi connectivity index (χ1) is 11.6. The summed E-state index contributed by atoms with van der Waals surface area (Å²) in [4.78, 5) is 16.2. The summed E-state index contributed by atoms with van der Waals surface area (Å²) >= 11 is 6.99. The van der Waals surface area contributed by atoms with Crippen molar-refractivity contribution in [1.82, 2.24) is 4.98 Å². The number of thioether (sulfide) groups is 1. The van der Waals surface area contributed by atoms with E-state index < -0.39 is 0 Å². The topological polar surface area (TPSA) is 78.9 Å². The fourth-order valence-electron chi connectivity index (χ4n) is 2.20. The number of amides is 1. The van der Waals surface area contributed by atoms with Gasteiger partial charge in [0.15, 0.2) is 5.58 Å². The van der Waals surface area contributed by atoms with Gasteiger partial charge in [0.1, 0.15) is 10.9 Å². The number of anilines is 1. The van der Waals surface area contributed by atoms with Crippen LogP contribution in [0, 0.1) is 17.6 Å². The van der Waals surface area contributed by atoms with Crippen molar-refractivity contribution >= 4 is 46.1 Å². The second-order valence-corrected chi connectivity index (χ2v) is 6.28. The fourth-order valence-corrected chi connectivity index (χ4v) is 2.63. The molecule has 1 N–H and O–H groups in total. The van der Waals surface area contributed by atoms with E-state index in [4.69, 9.17) is 21.3 Å². The quantitative estimate of drug-likeness (QED) is 0.690. The summed E-state index contributed by atoms with van der Waals surface area (Å²) < 4.78 is 5.76. The predicted octanol–water partition coefficient (Wildman–Crippen LogP) is 4.61. The summed E-state index contributed by atoms with van der Waals surface area (Å²) in [5.41, 5.74) is 3.73. The van der Waals surface area contributed by atoms with Crippen molar-refractivity contribution in [2.45, 2.75) is 6.92 Å². The highest BCUT2D eigenvalue weighted by Crippen LogP contribution is 2.30. The SMILES string of the molecule is Cc1ccc2oc(-c3ccc(Cl)c(NC(=O)CSC#N)c3)nc2c1. The molecule has 7 heteroatoms. The Labute approximate surface area is 147 Å². The van der Waals surface area contributed by atoms with E-state index in [1.807, 2.05) is 30.5 Å². The van der Waals surface area contributed by atoms with Gasteiger partial charge < -0.3 is 9.73 Å². The minimum atomic E-state index is -0.297. The van der Waals surface area contributed by atoms with Gasteiger partial charge in [-0.1, -0.05) is 17.7 Å². The molecular weight excluding hydrogens is 346 g/mol. The molecule has 24 heavy (non-hydrogen) atoms. The Morgan fingerprint density at radius 2 is 2.21 bits per heavy atom. The largest absolute Gasteiger partial charge is 0.436 e. The molecule has 120 valence electrons. The number of nitrogens with zero attached hydrogens (tertiary/aromatic N) is 2. The van der Waals surface area contributed by atoms with Gasteiger partial charge in [0.05, 0.1) is 16.5 Å². The highest BCUT2D eigenvalue weighted by molar-refractivity contribution is 8.04.